The first-order chi connectivity index (χ1) is 17.8. The lowest BCUT2D eigenvalue weighted by atomic mass is 10.1. The summed E-state index contributed by atoms with van der Waals surface area (Å²) >= 11 is 0. The van der Waals surface area contributed by atoms with Crippen molar-refractivity contribution in [1.29, 1.82) is 0 Å². The normalized spacial score (nSPS) is 16.8. The predicted molar refractivity (Wildman–Crippen MR) is 137 cm³/mol. The summed E-state index contributed by atoms with van der Waals surface area (Å²) in [6, 6.07) is 5.88. The third-order valence-corrected chi connectivity index (χ3v) is 7.69. The monoisotopic (exact) mass is 547 g/mol. The molecule has 1 aliphatic heterocycles. The summed E-state index contributed by atoms with van der Waals surface area (Å²) < 4.78 is 45.8. The number of benzene rings is 1. The summed E-state index contributed by atoms with van der Waals surface area (Å²) in [5, 5.41) is 15.8. The third kappa shape index (κ3) is 6.13. The summed E-state index contributed by atoms with van der Waals surface area (Å²) in [6.07, 6.45) is 2.49. The number of alkyl halides is 2. The van der Waals surface area contributed by atoms with Crippen molar-refractivity contribution in [2.24, 2.45) is 11.4 Å². The van der Waals surface area contributed by atoms with E-state index < -0.39 is 27.7 Å². The molecule has 11 nitrogen and oxygen atoms in total. The number of halogens is 2. The molecule has 14 heteroatoms. The molecule has 1 atom stereocenters. The van der Waals surface area contributed by atoms with Crippen LogP contribution >= 0.6 is 0 Å². The third-order valence-electron chi connectivity index (χ3n) is 6.06. The van der Waals surface area contributed by atoms with Crippen molar-refractivity contribution in [1.82, 2.24) is 19.7 Å². The van der Waals surface area contributed by atoms with Gasteiger partial charge >= 0.3 is 6.09 Å². The lowest BCUT2D eigenvalue weighted by molar-refractivity contribution is -0.0102. The molecule has 1 aromatic carbocycles. The van der Waals surface area contributed by atoms with Gasteiger partial charge in [0.25, 0.3) is 5.91 Å². The molecule has 4 rings (SSSR count). The fourth-order valence-electron chi connectivity index (χ4n) is 4.20. The molecule has 0 spiro atoms. The lowest BCUT2D eigenvalue weighted by Crippen LogP contribution is -2.30. The molecule has 3 heterocycles. The van der Waals surface area contributed by atoms with Crippen LogP contribution < -0.4 is 10.2 Å². The molecule has 0 aliphatic carbocycles. The van der Waals surface area contributed by atoms with E-state index in [9.17, 15) is 22.6 Å². The highest BCUT2D eigenvalue weighted by molar-refractivity contribution is 7.93. The molecule has 1 unspecified atom stereocenters. The van der Waals surface area contributed by atoms with Crippen LogP contribution in [0.1, 0.15) is 35.3 Å². The second-order valence-electron chi connectivity index (χ2n) is 9.09. The average Bonchev–Trinajstić information content (AvgIpc) is 3.17. The topological polar surface area (TPSA) is 143 Å². The van der Waals surface area contributed by atoms with Gasteiger partial charge in [0.15, 0.2) is 5.82 Å². The van der Waals surface area contributed by atoms with Gasteiger partial charge in [-0.2, -0.15) is 5.10 Å². The van der Waals surface area contributed by atoms with E-state index in [4.69, 9.17) is 5.11 Å². The van der Waals surface area contributed by atoms with Crippen molar-refractivity contribution >= 4 is 33.2 Å². The van der Waals surface area contributed by atoms with E-state index in [1.165, 1.54) is 24.5 Å². The van der Waals surface area contributed by atoms with E-state index in [2.05, 4.69) is 24.7 Å². The number of amides is 2. The Hall–Kier alpha value is -3.94. The maximum absolute atomic E-state index is 14.1. The Morgan fingerprint density at radius 3 is 2.66 bits per heavy atom. The SMILES string of the molecule is Cc1nc(-c2cnn(C)c2)nc(N2CCCC(F)(F)CC2)c1C(=O)Nc1cccc(S(C)(=O)=NC(=O)O)c1. The Morgan fingerprint density at radius 2 is 1.97 bits per heavy atom. The van der Waals surface area contributed by atoms with Crippen molar-refractivity contribution < 1.29 is 27.7 Å². The van der Waals surface area contributed by atoms with Crippen LogP contribution in [-0.2, 0) is 16.8 Å². The van der Waals surface area contributed by atoms with Gasteiger partial charge in [-0.25, -0.2) is 27.8 Å². The average molecular weight is 548 g/mol. The van der Waals surface area contributed by atoms with E-state index in [1.54, 1.807) is 42.0 Å². The standard InChI is InChI=1S/C24H27F2N7O4S/c1-15-19(22(34)29-17-6-4-7-18(12-17)38(3,37)31-23(35)36)21(33-10-5-8-24(25,26)9-11-33)30-20(28-15)16-13-27-32(2)14-16/h4,6-7,12-14H,5,8-11H2,1-3H3,(H,29,34)(H,35,36). The maximum atomic E-state index is 14.1. The number of anilines is 2. The molecular formula is C24H27F2N7O4S. The van der Waals surface area contributed by atoms with Crippen molar-refractivity contribution in [2.45, 2.75) is 37.0 Å². The van der Waals surface area contributed by atoms with E-state index >= 15 is 0 Å². The molecule has 0 saturated carbocycles. The van der Waals surface area contributed by atoms with Gasteiger partial charge in [-0.05, 0) is 31.5 Å². The highest BCUT2D eigenvalue weighted by Crippen LogP contribution is 2.32. The van der Waals surface area contributed by atoms with Gasteiger partial charge in [-0.3, -0.25) is 9.48 Å². The zero-order valence-corrected chi connectivity index (χ0v) is 21.8. The van der Waals surface area contributed by atoms with Crippen LogP contribution in [0.25, 0.3) is 11.4 Å². The molecule has 1 aliphatic rings. The van der Waals surface area contributed by atoms with Crippen LogP contribution in [0, 0.1) is 6.92 Å². The zero-order valence-electron chi connectivity index (χ0n) is 21.0. The number of carboxylic acid groups (broad SMARTS) is 1. The minimum Gasteiger partial charge on any atom is -0.463 e. The van der Waals surface area contributed by atoms with Gasteiger partial charge < -0.3 is 15.3 Å². The lowest BCUT2D eigenvalue weighted by Gasteiger charge is -2.25. The highest BCUT2D eigenvalue weighted by atomic mass is 32.2. The van der Waals surface area contributed by atoms with Crippen molar-refractivity contribution in [3.8, 4) is 11.4 Å². The maximum Gasteiger partial charge on any atom is 0.439 e. The van der Waals surface area contributed by atoms with Gasteiger partial charge in [-0.1, -0.05) is 6.07 Å². The minimum atomic E-state index is -3.25. The van der Waals surface area contributed by atoms with Crippen molar-refractivity contribution in [2.75, 3.05) is 29.6 Å². The summed E-state index contributed by atoms with van der Waals surface area (Å²) in [4.78, 5) is 35.4. The minimum absolute atomic E-state index is 0.000285. The smallest absolute Gasteiger partial charge is 0.439 e. The van der Waals surface area contributed by atoms with Gasteiger partial charge in [0.1, 0.15) is 11.4 Å². The van der Waals surface area contributed by atoms with Crippen LogP contribution in [0.4, 0.5) is 25.1 Å². The zero-order chi connectivity index (χ0) is 27.7. The number of nitrogens with one attached hydrogen (secondary N) is 1. The predicted octanol–water partition coefficient (Wildman–Crippen LogP) is 4.20. The highest BCUT2D eigenvalue weighted by Gasteiger charge is 2.34. The Labute approximate surface area is 218 Å². The fraction of sp³-hybridized carbons (Fsp3) is 0.375. The quantitative estimate of drug-likeness (QED) is 0.484. The number of carbonyl (C=O) groups is 2. The molecule has 1 fully saturated rings. The number of aryl methyl sites for hydroxylation is 2. The summed E-state index contributed by atoms with van der Waals surface area (Å²) in [6.45, 7) is 1.91. The molecule has 3 aromatic rings. The van der Waals surface area contributed by atoms with Gasteiger partial charge in [0.2, 0.25) is 5.92 Å². The van der Waals surface area contributed by atoms with Gasteiger partial charge in [0.05, 0.1) is 27.2 Å². The Morgan fingerprint density at radius 1 is 1.21 bits per heavy atom. The summed E-state index contributed by atoms with van der Waals surface area (Å²) in [5.41, 5.74) is 1.29. The summed E-state index contributed by atoms with van der Waals surface area (Å²) in [7, 11) is -1.51. The first kappa shape index (κ1) is 27.1. The number of carbonyl (C=O) groups excluding carboxylic acids is 1. The second kappa shape index (κ2) is 10.4. The number of rotatable bonds is 5. The van der Waals surface area contributed by atoms with E-state index in [0.29, 0.717) is 17.1 Å². The molecule has 0 bridgehead atoms. The van der Waals surface area contributed by atoms with Gasteiger partial charge in [-0.15, -0.1) is 4.36 Å². The molecule has 2 N–H and O–H groups in total. The first-order valence-corrected chi connectivity index (χ1v) is 13.6. The molecule has 2 aromatic heterocycles. The van der Waals surface area contributed by atoms with Gasteiger partial charge in [0, 0.05) is 56.0 Å². The van der Waals surface area contributed by atoms with Crippen LogP contribution in [0.2, 0.25) is 0 Å². The summed E-state index contributed by atoms with van der Waals surface area (Å²) in [5.74, 6) is -2.87. The van der Waals surface area contributed by atoms with E-state index in [1.807, 2.05) is 0 Å². The fourth-order valence-corrected chi connectivity index (χ4v) is 5.28. The number of nitrogens with zero attached hydrogens (tertiary/aromatic N) is 6. The van der Waals surface area contributed by atoms with Crippen molar-refractivity contribution in [3.05, 3.63) is 47.9 Å². The van der Waals surface area contributed by atoms with E-state index in [-0.39, 0.29) is 54.3 Å². The van der Waals surface area contributed by atoms with Crippen LogP contribution in [0.3, 0.4) is 0 Å². The number of aromatic nitrogens is 4. The first-order valence-electron chi connectivity index (χ1n) is 11.7. The van der Waals surface area contributed by atoms with Crippen LogP contribution in [-0.4, -0.2) is 66.3 Å². The Balaban J connectivity index is 1.74. The second-order valence-corrected chi connectivity index (χ2v) is 11.3. The molecule has 202 valence electrons. The molecular weight excluding hydrogens is 520 g/mol. The van der Waals surface area contributed by atoms with Crippen LogP contribution in [0.15, 0.2) is 45.9 Å². The Kier molecular flexibility index (Phi) is 7.44. The molecule has 38 heavy (non-hydrogen) atoms. The largest absolute Gasteiger partial charge is 0.463 e. The van der Waals surface area contributed by atoms with E-state index in [0.717, 1.165) is 0 Å². The number of hydrogen-bond acceptors (Lipinski definition) is 7. The molecule has 2 amide bonds. The molecule has 0 radical (unpaired) electrons. The van der Waals surface area contributed by atoms with Crippen molar-refractivity contribution in [3.63, 3.8) is 0 Å². The number of hydrogen-bond donors (Lipinski definition) is 2. The molecule has 1 saturated heterocycles. The Bertz CT molecular complexity index is 1520. The van der Waals surface area contributed by atoms with Crippen LogP contribution in [0.5, 0.6) is 0 Å².